The Bertz CT molecular complexity index is 833. The van der Waals surface area contributed by atoms with Crippen LogP contribution >= 0.6 is 0 Å². The third kappa shape index (κ3) is 1.31. The van der Waals surface area contributed by atoms with Gasteiger partial charge in [0.05, 0.1) is 17.6 Å². The van der Waals surface area contributed by atoms with Gasteiger partial charge in [-0.1, -0.05) is 12.2 Å². The van der Waals surface area contributed by atoms with Gasteiger partial charge in [-0.15, -0.1) is 0 Å². The molecule has 0 aromatic heterocycles. The van der Waals surface area contributed by atoms with Crippen LogP contribution in [0.15, 0.2) is 27.8 Å². The average molecular weight is 248 g/mol. The Hall–Kier alpha value is -1.96. The molecule has 1 aromatic carbocycles. The third-order valence-electron chi connectivity index (χ3n) is 4.48. The van der Waals surface area contributed by atoms with Crippen molar-refractivity contribution >= 4 is 22.9 Å². The zero-order valence-electron chi connectivity index (χ0n) is 11.5. The molecule has 1 aromatic rings. The fraction of sp³-hybridized carbons (Fsp3) is 0.294. The number of rotatable bonds is 0. The molecule has 0 saturated heterocycles. The van der Waals surface area contributed by atoms with Gasteiger partial charge >= 0.3 is 0 Å². The minimum absolute atomic E-state index is 0.772. The first-order valence-corrected chi connectivity index (χ1v) is 6.80. The highest BCUT2D eigenvalue weighted by Gasteiger charge is 2.23. The molecule has 2 heteroatoms. The summed E-state index contributed by atoms with van der Waals surface area (Å²) in [6.45, 7) is 7.40. The first-order chi connectivity index (χ1) is 9.16. The van der Waals surface area contributed by atoms with Gasteiger partial charge in [-0.2, -0.15) is 0 Å². The van der Waals surface area contributed by atoms with E-state index in [1.807, 2.05) is 0 Å². The molecular weight excluding hydrogens is 232 g/mol. The second-order valence-electron chi connectivity index (χ2n) is 5.53. The molecular formula is C17H16N2. The van der Waals surface area contributed by atoms with Crippen LogP contribution in [0.2, 0.25) is 0 Å². The highest BCUT2D eigenvalue weighted by Crippen LogP contribution is 2.29. The molecule has 2 heterocycles. The van der Waals surface area contributed by atoms with Crippen LogP contribution in [-0.4, -0.2) is 12.3 Å². The molecule has 19 heavy (non-hydrogen) atoms. The lowest BCUT2D eigenvalue weighted by Gasteiger charge is -2.16. The maximum Gasteiger partial charge on any atom is 0.0717 e. The topological polar surface area (TPSA) is 24.7 Å². The van der Waals surface area contributed by atoms with E-state index >= 15 is 0 Å². The smallest absolute Gasteiger partial charge is 0.0717 e. The van der Waals surface area contributed by atoms with Crippen molar-refractivity contribution in [3.8, 4) is 0 Å². The van der Waals surface area contributed by atoms with Crippen LogP contribution in [0.3, 0.4) is 0 Å². The van der Waals surface area contributed by atoms with Gasteiger partial charge in [0.2, 0.25) is 0 Å². The number of hydrogen-bond acceptors (Lipinski definition) is 2. The van der Waals surface area contributed by atoms with E-state index in [0.29, 0.717) is 0 Å². The molecule has 0 fully saturated rings. The van der Waals surface area contributed by atoms with E-state index in [-0.39, 0.29) is 0 Å². The fourth-order valence-electron chi connectivity index (χ4n) is 3.51. The Balaban J connectivity index is 2.33. The molecule has 4 rings (SSSR count). The summed E-state index contributed by atoms with van der Waals surface area (Å²) >= 11 is 0. The molecule has 0 amide bonds. The quantitative estimate of drug-likeness (QED) is 0.673. The zero-order valence-corrected chi connectivity index (χ0v) is 11.5. The first-order valence-electron chi connectivity index (χ1n) is 6.80. The van der Waals surface area contributed by atoms with Crippen LogP contribution in [-0.2, 0) is 0 Å². The number of aliphatic imine (C=N–C) groups is 1. The molecule has 0 unspecified atom stereocenters. The number of benzene rings is 1. The lowest BCUT2D eigenvalue weighted by Crippen LogP contribution is -2.25. The SMILES string of the molecule is CC1=C2CC3=NCC=Cc4cc(c1c(C)c4=C3C)=N2. The van der Waals surface area contributed by atoms with Gasteiger partial charge < -0.3 is 0 Å². The van der Waals surface area contributed by atoms with Gasteiger partial charge in [-0.25, -0.2) is 0 Å². The predicted octanol–water partition coefficient (Wildman–Crippen LogP) is 2.40. The molecule has 0 N–H and O–H groups in total. The van der Waals surface area contributed by atoms with E-state index < -0.39 is 0 Å². The summed E-state index contributed by atoms with van der Waals surface area (Å²) in [6, 6.07) is 2.24. The van der Waals surface area contributed by atoms with Crippen molar-refractivity contribution in [3.63, 3.8) is 0 Å². The lowest BCUT2D eigenvalue weighted by atomic mass is 9.89. The Labute approximate surface area is 112 Å². The first kappa shape index (κ1) is 10.9. The number of nitrogens with zero attached hydrogens (tertiary/aromatic N) is 2. The van der Waals surface area contributed by atoms with Crippen molar-refractivity contribution in [2.45, 2.75) is 27.2 Å². The van der Waals surface area contributed by atoms with E-state index in [4.69, 9.17) is 9.98 Å². The molecule has 2 nitrogen and oxygen atoms in total. The Morgan fingerprint density at radius 1 is 1.11 bits per heavy atom. The van der Waals surface area contributed by atoms with Gasteiger partial charge in [0.25, 0.3) is 0 Å². The van der Waals surface area contributed by atoms with E-state index in [2.05, 4.69) is 39.0 Å². The van der Waals surface area contributed by atoms with Crippen molar-refractivity contribution in [2.75, 3.05) is 6.54 Å². The van der Waals surface area contributed by atoms with Crippen molar-refractivity contribution in [1.82, 2.24) is 0 Å². The molecule has 0 atom stereocenters. The number of fused-ring (bicyclic) bond motifs is 1. The Morgan fingerprint density at radius 2 is 1.95 bits per heavy atom. The normalized spacial score (nSPS) is 19.1. The maximum atomic E-state index is 4.84. The van der Waals surface area contributed by atoms with Crippen molar-refractivity contribution in [1.29, 1.82) is 0 Å². The van der Waals surface area contributed by atoms with Crippen LogP contribution in [0.5, 0.6) is 0 Å². The van der Waals surface area contributed by atoms with Gasteiger partial charge in [-0.3, -0.25) is 9.98 Å². The molecule has 3 aliphatic rings. The number of allylic oxidation sites excluding steroid dienone is 2. The fourth-order valence-corrected chi connectivity index (χ4v) is 3.51. The minimum Gasteiger partial charge on any atom is -0.285 e. The molecule has 0 saturated carbocycles. The van der Waals surface area contributed by atoms with Crippen LogP contribution < -0.4 is 10.6 Å². The van der Waals surface area contributed by atoms with E-state index in [9.17, 15) is 0 Å². The van der Waals surface area contributed by atoms with E-state index in [0.717, 1.165) is 18.3 Å². The highest BCUT2D eigenvalue weighted by atomic mass is 14.8. The number of hydrogen-bond donors (Lipinski definition) is 0. The van der Waals surface area contributed by atoms with Crippen LogP contribution in [0.1, 0.15) is 37.0 Å². The second kappa shape index (κ2) is 3.53. The third-order valence-corrected chi connectivity index (χ3v) is 4.48. The zero-order chi connectivity index (χ0) is 13.1. The molecule has 4 bridgehead atoms. The summed E-state index contributed by atoms with van der Waals surface area (Å²) in [5.74, 6) is 0. The van der Waals surface area contributed by atoms with Gasteiger partial charge in [0, 0.05) is 17.7 Å². The van der Waals surface area contributed by atoms with Gasteiger partial charge in [0.15, 0.2) is 0 Å². The summed E-state index contributed by atoms with van der Waals surface area (Å²) in [5, 5.41) is 2.51. The molecule has 1 aliphatic carbocycles. The lowest BCUT2D eigenvalue weighted by molar-refractivity contribution is 1.15. The monoisotopic (exact) mass is 248 g/mol. The molecule has 0 radical (unpaired) electrons. The van der Waals surface area contributed by atoms with Gasteiger partial charge in [-0.05, 0) is 54.3 Å². The Morgan fingerprint density at radius 3 is 2.79 bits per heavy atom. The molecule has 94 valence electrons. The predicted molar refractivity (Wildman–Crippen MR) is 79.6 cm³/mol. The minimum atomic E-state index is 0.772. The van der Waals surface area contributed by atoms with Crippen LogP contribution in [0.25, 0.3) is 17.2 Å². The van der Waals surface area contributed by atoms with Crippen LogP contribution in [0.4, 0.5) is 0 Å². The van der Waals surface area contributed by atoms with Gasteiger partial charge in [0.1, 0.15) is 0 Å². The molecule has 2 aliphatic heterocycles. The summed E-state index contributed by atoms with van der Waals surface area (Å²) in [5.41, 5.74) is 9.06. The largest absolute Gasteiger partial charge is 0.285 e. The summed E-state index contributed by atoms with van der Waals surface area (Å²) < 4.78 is 0. The van der Waals surface area contributed by atoms with Crippen molar-refractivity contribution < 1.29 is 0 Å². The summed E-state index contributed by atoms with van der Waals surface area (Å²) in [7, 11) is 0. The van der Waals surface area contributed by atoms with Crippen molar-refractivity contribution in [2.24, 2.45) is 9.98 Å². The maximum absolute atomic E-state index is 4.84. The Kier molecular flexibility index (Phi) is 2.03. The molecule has 0 spiro atoms. The summed E-state index contributed by atoms with van der Waals surface area (Å²) in [4.78, 5) is 9.58. The van der Waals surface area contributed by atoms with Crippen molar-refractivity contribution in [3.05, 3.63) is 45.1 Å². The van der Waals surface area contributed by atoms with Crippen LogP contribution in [0, 0.1) is 6.92 Å². The standard InChI is InChI=1S/C17H16N2/c1-9-13-8-14-10(2)17-11(3)16(9)12(5-4-6-18-13)7-15(17)19-14/h4-5,7H,6,8H2,1-3H3. The summed E-state index contributed by atoms with van der Waals surface area (Å²) in [6.07, 6.45) is 5.22. The average Bonchev–Trinajstić information content (AvgIpc) is 2.68. The van der Waals surface area contributed by atoms with E-state index in [1.165, 1.54) is 44.5 Å². The second-order valence-corrected chi connectivity index (χ2v) is 5.53. The highest BCUT2D eigenvalue weighted by molar-refractivity contribution is 6.20. The van der Waals surface area contributed by atoms with E-state index in [1.54, 1.807) is 0 Å².